The first-order valence-corrected chi connectivity index (χ1v) is 12.9. The van der Waals surface area contributed by atoms with Gasteiger partial charge in [-0.25, -0.2) is 4.98 Å². The van der Waals surface area contributed by atoms with Gasteiger partial charge in [0.05, 0.1) is 25.6 Å². The number of thioether (sulfide) groups is 1. The number of hydrogen-bond donors (Lipinski definition) is 2. The third-order valence-electron chi connectivity index (χ3n) is 5.59. The lowest BCUT2D eigenvalue weighted by atomic mass is 10.0. The van der Waals surface area contributed by atoms with Crippen molar-refractivity contribution in [2.45, 2.75) is 50.6 Å². The third-order valence-corrected chi connectivity index (χ3v) is 6.47. The molecule has 0 saturated heterocycles. The van der Waals surface area contributed by atoms with Crippen molar-refractivity contribution in [3.63, 3.8) is 0 Å². The van der Waals surface area contributed by atoms with Crippen LogP contribution in [0.3, 0.4) is 0 Å². The summed E-state index contributed by atoms with van der Waals surface area (Å²) in [5, 5.41) is 3.85. The summed E-state index contributed by atoms with van der Waals surface area (Å²) in [6.07, 6.45) is 6.39. The Labute approximate surface area is 206 Å². The van der Waals surface area contributed by atoms with Gasteiger partial charge < -0.3 is 19.8 Å². The number of hydrogen-bond acceptors (Lipinski definition) is 5. The van der Waals surface area contributed by atoms with E-state index in [0.717, 1.165) is 57.8 Å². The zero-order chi connectivity index (χ0) is 24.2. The average Bonchev–Trinajstić information content (AvgIpc) is 3.31. The van der Waals surface area contributed by atoms with Crippen molar-refractivity contribution >= 4 is 17.7 Å². The molecule has 0 aliphatic heterocycles. The van der Waals surface area contributed by atoms with Crippen molar-refractivity contribution in [3.8, 4) is 34.0 Å². The second kappa shape index (κ2) is 13.7. The highest BCUT2D eigenvalue weighted by molar-refractivity contribution is 7.99. The monoisotopic (exact) mass is 481 g/mol. The summed E-state index contributed by atoms with van der Waals surface area (Å²) in [4.78, 5) is 20.4. The summed E-state index contributed by atoms with van der Waals surface area (Å²) in [6.45, 7) is 2.82. The number of nitrogens with zero attached hydrogens (tertiary/aromatic N) is 1. The summed E-state index contributed by atoms with van der Waals surface area (Å²) in [6, 6.07) is 15.8. The van der Waals surface area contributed by atoms with Gasteiger partial charge in [-0.05, 0) is 55.0 Å². The molecule has 2 aromatic carbocycles. The summed E-state index contributed by atoms with van der Waals surface area (Å²) in [5.41, 5.74) is 3.87. The number of methoxy groups -OCH3 is 2. The minimum atomic E-state index is 0.134. The zero-order valence-corrected chi connectivity index (χ0v) is 21.2. The molecule has 0 aliphatic rings. The number of H-pyrrole nitrogens is 1. The fraction of sp³-hybridized carbons (Fsp3) is 0.407. The average molecular weight is 482 g/mol. The molecular formula is C27H35N3O3S. The summed E-state index contributed by atoms with van der Waals surface area (Å²) >= 11 is 1.61. The molecule has 182 valence electrons. The number of ether oxygens (including phenoxy) is 2. The summed E-state index contributed by atoms with van der Waals surface area (Å²) < 4.78 is 10.6. The molecule has 2 N–H and O–H groups in total. The molecule has 7 heteroatoms. The first-order valence-electron chi connectivity index (χ1n) is 11.9. The van der Waals surface area contributed by atoms with E-state index in [1.807, 2.05) is 48.5 Å². The van der Waals surface area contributed by atoms with E-state index in [2.05, 4.69) is 17.2 Å². The van der Waals surface area contributed by atoms with Crippen LogP contribution in [0.4, 0.5) is 0 Å². The molecular weight excluding hydrogens is 446 g/mol. The van der Waals surface area contributed by atoms with E-state index in [9.17, 15) is 4.79 Å². The largest absolute Gasteiger partial charge is 0.497 e. The maximum atomic E-state index is 12.1. The molecule has 34 heavy (non-hydrogen) atoms. The highest BCUT2D eigenvalue weighted by atomic mass is 32.2. The fourth-order valence-electron chi connectivity index (χ4n) is 3.66. The maximum absolute atomic E-state index is 12.1. The molecule has 6 nitrogen and oxygen atoms in total. The number of unbranched alkanes of at least 4 members (excludes halogenated alkanes) is 4. The second-order valence-corrected chi connectivity index (χ2v) is 9.17. The maximum Gasteiger partial charge on any atom is 0.220 e. The van der Waals surface area contributed by atoms with Crippen molar-refractivity contribution in [2.75, 3.05) is 26.5 Å². The number of carbonyl (C=O) groups excluding carboxylic acids is 1. The van der Waals surface area contributed by atoms with Crippen molar-refractivity contribution in [1.82, 2.24) is 15.3 Å². The standard InChI is InChI=1S/C27H35N3O3S/c1-4-5-6-7-8-9-24(31)28-18-19-34-27-29-25(20-10-14-22(32-2)15-11-20)26(30-27)21-12-16-23(33-3)17-13-21/h10-17H,4-9,18-19H2,1-3H3,(H,28,31)(H,29,30). The molecule has 0 unspecified atom stereocenters. The van der Waals surface area contributed by atoms with E-state index in [4.69, 9.17) is 14.5 Å². The zero-order valence-electron chi connectivity index (χ0n) is 20.4. The van der Waals surface area contributed by atoms with E-state index in [0.29, 0.717) is 13.0 Å². The van der Waals surface area contributed by atoms with Crippen LogP contribution in [0.2, 0.25) is 0 Å². The molecule has 0 radical (unpaired) electrons. The molecule has 0 fully saturated rings. The fourth-order valence-corrected chi connectivity index (χ4v) is 4.39. The van der Waals surface area contributed by atoms with Crippen LogP contribution < -0.4 is 14.8 Å². The lowest BCUT2D eigenvalue weighted by Gasteiger charge is -2.06. The highest BCUT2D eigenvalue weighted by Gasteiger charge is 2.15. The Morgan fingerprint density at radius 1 is 0.912 bits per heavy atom. The summed E-state index contributed by atoms with van der Waals surface area (Å²) in [7, 11) is 3.32. The Balaban J connectivity index is 1.63. The normalized spacial score (nSPS) is 10.8. The van der Waals surface area contributed by atoms with Crippen LogP contribution in [0.15, 0.2) is 53.7 Å². The lowest BCUT2D eigenvalue weighted by molar-refractivity contribution is -0.121. The van der Waals surface area contributed by atoms with Gasteiger partial charge in [0.25, 0.3) is 0 Å². The van der Waals surface area contributed by atoms with E-state index >= 15 is 0 Å². The molecule has 0 aliphatic carbocycles. The Kier molecular flexibility index (Phi) is 10.3. The van der Waals surface area contributed by atoms with Crippen LogP contribution in [0.5, 0.6) is 11.5 Å². The van der Waals surface area contributed by atoms with Gasteiger partial charge in [-0.1, -0.05) is 44.4 Å². The van der Waals surface area contributed by atoms with Crippen molar-refractivity contribution < 1.29 is 14.3 Å². The predicted octanol–water partition coefficient (Wildman–Crippen LogP) is 6.33. The lowest BCUT2D eigenvalue weighted by Crippen LogP contribution is -2.25. The Morgan fingerprint density at radius 2 is 1.53 bits per heavy atom. The Bertz CT molecular complexity index is 952. The van der Waals surface area contributed by atoms with Gasteiger partial charge in [0.15, 0.2) is 5.16 Å². The van der Waals surface area contributed by atoms with E-state index < -0.39 is 0 Å². The van der Waals surface area contributed by atoms with Gasteiger partial charge in [0.1, 0.15) is 11.5 Å². The number of benzene rings is 2. The first kappa shape index (κ1) is 25.7. The molecule has 0 spiro atoms. The van der Waals surface area contributed by atoms with Crippen LogP contribution in [-0.4, -0.2) is 42.4 Å². The highest BCUT2D eigenvalue weighted by Crippen LogP contribution is 2.34. The molecule has 1 amide bonds. The van der Waals surface area contributed by atoms with E-state index in [1.165, 1.54) is 19.3 Å². The van der Waals surface area contributed by atoms with Gasteiger partial charge in [-0.2, -0.15) is 0 Å². The number of rotatable bonds is 14. The number of amides is 1. The number of carbonyl (C=O) groups is 1. The van der Waals surface area contributed by atoms with Crippen LogP contribution in [0, 0.1) is 0 Å². The number of aromatic amines is 1. The molecule has 1 aromatic heterocycles. The van der Waals surface area contributed by atoms with E-state index in [1.54, 1.807) is 26.0 Å². The molecule has 3 aromatic rings. The van der Waals surface area contributed by atoms with E-state index in [-0.39, 0.29) is 5.91 Å². The van der Waals surface area contributed by atoms with Crippen LogP contribution in [-0.2, 0) is 4.79 Å². The minimum absolute atomic E-state index is 0.134. The summed E-state index contributed by atoms with van der Waals surface area (Å²) in [5.74, 6) is 2.50. The van der Waals surface area contributed by atoms with Crippen molar-refractivity contribution in [3.05, 3.63) is 48.5 Å². The molecule has 3 rings (SSSR count). The predicted molar refractivity (Wildman–Crippen MR) is 140 cm³/mol. The Morgan fingerprint density at radius 3 is 2.15 bits per heavy atom. The third kappa shape index (κ3) is 7.55. The van der Waals surface area contributed by atoms with Crippen LogP contribution in [0.1, 0.15) is 45.4 Å². The number of nitrogens with one attached hydrogen (secondary N) is 2. The van der Waals surface area contributed by atoms with Gasteiger partial charge in [-0.15, -0.1) is 0 Å². The molecule has 0 bridgehead atoms. The SMILES string of the molecule is CCCCCCCC(=O)NCCSc1nc(-c2ccc(OC)cc2)c(-c2ccc(OC)cc2)[nH]1. The van der Waals surface area contributed by atoms with Gasteiger partial charge in [0, 0.05) is 29.8 Å². The quantitative estimate of drug-likeness (QED) is 0.208. The molecule has 0 atom stereocenters. The number of imidazole rings is 1. The van der Waals surface area contributed by atoms with Crippen molar-refractivity contribution in [1.29, 1.82) is 0 Å². The van der Waals surface area contributed by atoms with Gasteiger partial charge in [-0.3, -0.25) is 4.79 Å². The van der Waals surface area contributed by atoms with Crippen molar-refractivity contribution in [2.24, 2.45) is 0 Å². The van der Waals surface area contributed by atoms with Crippen LogP contribution >= 0.6 is 11.8 Å². The minimum Gasteiger partial charge on any atom is -0.497 e. The second-order valence-electron chi connectivity index (χ2n) is 8.09. The van der Waals surface area contributed by atoms with Gasteiger partial charge >= 0.3 is 0 Å². The molecule has 1 heterocycles. The number of aromatic nitrogens is 2. The van der Waals surface area contributed by atoms with Crippen LogP contribution in [0.25, 0.3) is 22.5 Å². The topological polar surface area (TPSA) is 76.2 Å². The smallest absolute Gasteiger partial charge is 0.220 e. The Hall–Kier alpha value is -2.93. The first-order chi connectivity index (χ1) is 16.6. The molecule has 0 saturated carbocycles. The van der Waals surface area contributed by atoms with Gasteiger partial charge in [0.2, 0.25) is 5.91 Å².